The second kappa shape index (κ2) is 8.98. The lowest BCUT2D eigenvalue weighted by Crippen LogP contribution is -2.27. The quantitative estimate of drug-likeness (QED) is 0.620. The van der Waals surface area contributed by atoms with Gasteiger partial charge in [0, 0.05) is 6.20 Å². The van der Waals surface area contributed by atoms with Crippen LogP contribution in [0.5, 0.6) is 0 Å². The van der Waals surface area contributed by atoms with Gasteiger partial charge in [-0.3, -0.25) is 5.32 Å². The molecule has 0 aliphatic heterocycles. The van der Waals surface area contributed by atoms with E-state index < -0.39 is 17.7 Å². The van der Waals surface area contributed by atoms with Gasteiger partial charge in [0.25, 0.3) is 0 Å². The van der Waals surface area contributed by atoms with Gasteiger partial charge in [0.05, 0.1) is 12.2 Å². The number of hydrogen-bond donors (Lipinski definition) is 1. The number of esters is 1. The summed E-state index contributed by atoms with van der Waals surface area (Å²) in [6, 6.07) is 12.7. The average Bonchev–Trinajstić information content (AvgIpc) is 2.59. The molecule has 0 saturated heterocycles. The van der Waals surface area contributed by atoms with Crippen molar-refractivity contribution < 1.29 is 19.1 Å². The Hall–Kier alpha value is -3.15. The van der Waals surface area contributed by atoms with E-state index in [1.807, 2.05) is 30.3 Å². The molecule has 1 heterocycles. The zero-order valence-electron chi connectivity index (χ0n) is 16.0. The van der Waals surface area contributed by atoms with Gasteiger partial charge in [-0.15, -0.1) is 0 Å². The summed E-state index contributed by atoms with van der Waals surface area (Å²) in [4.78, 5) is 28.4. The molecule has 0 bridgehead atoms. The molecule has 1 amide bonds. The topological polar surface area (TPSA) is 77.5 Å². The Morgan fingerprint density at radius 1 is 1.15 bits per heavy atom. The van der Waals surface area contributed by atoms with E-state index in [-0.39, 0.29) is 6.61 Å². The van der Waals surface area contributed by atoms with E-state index in [0.717, 1.165) is 5.56 Å². The first kappa shape index (κ1) is 20.2. The number of carbonyl (C=O) groups excluding carboxylic acids is 2. The van der Waals surface area contributed by atoms with E-state index in [0.29, 0.717) is 17.0 Å². The minimum absolute atomic E-state index is 0.283. The van der Waals surface area contributed by atoms with Crippen LogP contribution in [0.2, 0.25) is 0 Å². The SMILES string of the molecule is CCOC(=O)/C(=C/c1ccnc(NC(=O)OC(C)(C)C)c1)c1ccccc1. The van der Waals surface area contributed by atoms with Crippen molar-refractivity contribution in [3.8, 4) is 0 Å². The van der Waals surface area contributed by atoms with Crippen molar-refractivity contribution in [2.75, 3.05) is 11.9 Å². The molecule has 0 radical (unpaired) electrons. The summed E-state index contributed by atoms with van der Waals surface area (Å²) in [5.41, 5.74) is 1.26. The van der Waals surface area contributed by atoms with Crippen LogP contribution in [0.15, 0.2) is 48.7 Å². The summed E-state index contributed by atoms with van der Waals surface area (Å²) < 4.78 is 10.4. The number of benzene rings is 1. The predicted octanol–water partition coefficient (Wildman–Crippen LogP) is 4.53. The third kappa shape index (κ3) is 6.58. The minimum atomic E-state index is -0.605. The van der Waals surface area contributed by atoms with Gasteiger partial charge in [0.1, 0.15) is 11.4 Å². The minimum Gasteiger partial charge on any atom is -0.462 e. The largest absolute Gasteiger partial charge is 0.462 e. The number of anilines is 1. The highest BCUT2D eigenvalue weighted by Crippen LogP contribution is 2.21. The van der Waals surface area contributed by atoms with Gasteiger partial charge < -0.3 is 9.47 Å². The second-order valence-corrected chi connectivity index (χ2v) is 6.75. The first-order valence-corrected chi connectivity index (χ1v) is 8.69. The lowest BCUT2D eigenvalue weighted by atomic mass is 10.0. The Balaban J connectivity index is 2.29. The maximum absolute atomic E-state index is 12.4. The summed E-state index contributed by atoms with van der Waals surface area (Å²) in [6.07, 6.45) is 2.66. The van der Waals surface area contributed by atoms with Crippen LogP contribution < -0.4 is 5.32 Å². The molecule has 0 unspecified atom stereocenters. The number of nitrogens with zero attached hydrogens (tertiary/aromatic N) is 1. The van der Waals surface area contributed by atoms with Crippen molar-refractivity contribution in [1.82, 2.24) is 4.98 Å². The average molecular weight is 368 g/mol. The number of rotatable bonds is 5. The molecule has 6 nitrogen and oxygen atoms in total. The molecule has 2 rings (SSSR count). The van der Waals surface area contributed by atoms with Gasteiger partial charge in [0.2, 0.25) is 0 Å². The number of hydrogen-bond acceptors (Lipinski definition) is 5. The molecule has 142 valence electrons. The van der Waals surface area contributed by atoms with E-state index in [1.54, 1.807) is 52.1 Å². The fourth-order valence-electron chi connectivity index (χ4n) is 2.27. The molecule has 0 fully saturated rings. The summed E-state index contributed by atoms with van der Waals surface area (Å²) >= 11 is 0. The Kier molecular flexibility index (Phi) is 6.71. The second-order valence-electron chi connectivity index (χ2n) is 6.75. The van der Waals surface area contributed by atoms with E-state index >= 15 is 0 Å². The Bertz CT molecular complexity index is 824. The van der Waals surface area contributed by atoms with Crippen LogP contribution in [-0.4, -0.2) is 29.3 Å². The number of pyridine rings is 1. The Morgan fingerprint density at radius 3 is 2.48 bits per heavy atom. The van der Waals surface area contributed by atoms with Gasteiger partial charge in [-0.05, 0) is 57.0 Å². The van der Waals surface area contributed by atoms with Crippen LogP contribution in [0.1, 0.15) is 38.8 Å². The van der Waals surface area contributed by atoms with Crippen LogP contribution in [0.25, 0.3) is 11.6 Å². The standard InChI is InChI=1S/C21H24N2O4/c1-5-26-19(24)17(16-9-7-6-8-10-16)13-15-11-12-22-18(14-15)23-20(25)27-21(2,3)4/h6-14H,5H2,1-4H3,(H,22,23,25)/b17-13+. The number of amides is 1. The predicted molar refractivity (Wildman–Crippen MR) is 105 cm³/mol. The Morgan fingerprint density at radius 2 is 1.85 bits per heavy atom. The number of ether oxygens (including phenoxy) is 2. The first-order valence-electron chi connectivity index (χ1n) is 8.69. The fraction of sp³-hybridized carbons (Fsp3) is 0.286. The number of aromatic nitrogens is 1. The fourth-order valence-corrected chi connectivity index (χ4v) is 2.27. The van der Waals surface area contributed by atoms with Gasteiger partial charge >= 0.3 is 12.1 Å². The van der Waals surface area contributed by atoms with Gasteiger partial charge in [-0.2, -0.15) is 0 Å². The van der Waals surface area contributed by atoms with Crippen molar-refractivity contribution in [2.45, 2.75) is 33.3 Å². The molecular formula is C21H24N2O4. The van der Waals surface area contributed by atoms with Gasteiger partial charge in [-0.1, -0.05) is 30.3 Å². The van der Waals surface area contributed by atoms with Crippen molar-refractivity contribution in [3.63, 3.8) is 0 Å². The molecule has 0 aliphatic carbocycles. The normalized spacial score (nSPS) is 11.6. The van der Waals surface area contributed by atoms with Crippen LogP contribution >= 0.6 is 0 Å². The van der Waals surface area contributed by atoms with Crippen LogP contribution in [0.3, 0.4) is 0 Å². The lowest BCUT2D eigenvalue weighted by Gasteiger charge is -2.19. The summed E-state index contributed by atoms with van der Waals surface area (Å²) in [5, 5.41) is 2.59. The number of nitrogens with one attached hydrogen (secondary N) is 1. The van der Waals surface area contributed by atoms with E-state index in [9.17, 15) is 9.59 Å². The third-order valence-corrected chi connectivity index (χ3v) is 3.30. The molecular weight excluding hydrogens is 344 g/mol. The lowest BCUT2D eigenvalue weighted by molar-refractivity contribution is -0.136. The van der Waals surface area contributed by atoms with E-state index in [4.69, 9.17) is 9.47 Å². The van der Waals surface area contributed by atoms with Crippen molar-refractivity contribution in [3.05, 3.63) is 59.8 Å². The van der Waals surface area contributed by atoms with Crippen LogP contribution in [0, 0.1) is 0 Å². The molecule has 0 saturated carbocycles. The highest BCUT2D eigenvalue weighted by molar-refractivity contribution is 6.21. The smallest absolute Gasteiger partial charge is 0.413 e. The molecule has 0 aliphatic rings. The molecule has 27 heavy (non-hydrogen) atoms. The zero-order chi connectivity index (χ0) is 19.9. The van der Waals surface area contributed by atoms with Crippen LogP contribution in [-0.2, 0) is 14.3 Å². The molecule has 2 aromatic rings. The summed E-state index contributed by atoms with van der Waals surface area (Å²) in [7, 11) is 0. The van der Waals surface area contributed by atoms with Crippen LogP contribution in [0.4, 0.5) is 10.6 Å². The maximum atomic E-state index is 12.4. The molecule has 1 aromatic carbocycles. The first-order chi connectivity index (χ1) is 12.8. The van der Waals surface area contributed by atoms with Gasteiger partial charge in [0.15, 0.2) is 0 Å². The van der Waals surface area contributed by atoms with E-state index in [1.165, 1.54) is 0 Å². The highest BCUT2D eigenvalue weighted by atomic mass is 16.6. The van der Waals surface area contributed by atoms with Crippen molar-refractivity contribution >= 4 is 29.5 Å². The maximum Gasteiger partial charge on any atom is 0.413 e. The summed E-state index contributed by atoms with van der Waals surface area (Å²) in [6.45, 7) is 7.39. The zero-order valence-corrected chi connectivity index (χ0v) is 16.0. The molecule has 0 spiro atoms. The summed E-state index contributed by atoms with van der Waals surface area (Å²) in [5.74, 6) is -0.0866. The molecule has 0 atom stereocenters. The molecule has 1 N–H and O–H groups in total. The molecule has 6 heteroatoms. The molecule has 1 aromatic heterocycles. The Labute approximate surface area is 159 Å². The van der Waals surface area contributed by atoms with Crippen molar-refractivity contribution in [2.24, 2.45) is 0 Å². The van der Waals surface area contributed by atoms with E-state index in [2.05, 4.69) is 10.3 Å². The van der Waals surface area contributed by atoms with Gasteiger partial charge in [-0.25, -0.2) is 14.6 Å². The van der Waals surface area contributed by atoms with Crippen molar-refractivity contribution in [1.29, 1.82) is 0 Å². The monoisotopic (exact) mass is 368 g/mol. The highest BCUT2D eigenvalue weighted by Gasteiger charge is 2.17. The number of carbonyl (C=O) groups is 2. The third-order valence-electron chi connectivity index (χ3n) is 3.30.